The van der Waals surface area contributed by atoms with Crippen LogP contribution in [0.1, 0.15) is 12.8 Å². The molecule has 2 N–H and O–H groups in total. The largest absolute Gasteiger partial charge is 0.377 e. The number of nitrogens with zero attached hydrogens (tertiary/aromatic N) is 3. The van der Waals surface area contributed by atoms with Gasteiger partial charge in [-0.3, -0.25) is 0 Å². The number of nitrogen functional groups attached to an aromatic ring is 1. The summed E-state index contributed by atoms with van der Waals surface area (Å²) in [6.07, 6.45) is 2.53. The van der Waals surface area contributed by atoms with Crippen LogP contribution in [0.4, 0.5) is 5.95 Å². The minimum absolute atomic E-state index is 0.136. The number of anilines is 1. The zero-order valence-corrected chi connectivity index (χ0v) is 9.59. The van der Waals surface area contributed by atoms with Gasteiger partial charge >= 0.3 is 0 Å². The Bertz CT molecular complexity index is 325. The molecule has 15 heavy (non-hydrogen) atoms. The van der Waals surface area contributed by atoms with Gasteiger partial charge in [0.2, 0.25) is 11.2 Å². The number of hydrogen-bond acceptors (Lipinski definition) is 6. The molecule has 5 nitrogen and oxygen atoms in total. The molecule has 1 fully saturated rings. The van der Waals surface area contributed by atoms with Gasteiger partial charge in [0.05, 0.1) is 6.10 Å². The van der Waals surface area contributed by atoms with Crippen molar-refractivity contribution in [3.05, 3.63) is 5.28 Å². The SMILES string of the molecule is Nc1nc(Cl)nc(SCC2CCCO2)n1. The first-order chi connectivity index (χ1) is 7.24. The molecule has 0 radical (unpaired) electrons. The summed E-state index contributed by atoms with van der Waals surface area (Å²) in [6.45, 7) is 0.853. The molecule has 1 aliphatic rings. The molecule has 7 heteroatoms. The Morgan fingerprint density at radius 1 is 1.47 bits per heavy atom. The van der Waals surface area contributed by atoms with Crippen LogP contribution in [0.2, 0.25) is 5.28 Å². The summed E-state index contributed by atoms with van der Waals surface area (Å²) in [7, 11) is 0. The van der Waals surface area contributed by atoms with Crippen molar-refractivity contribution in [1.29, 1.82) is 0 Å². The summed E-state index contributed by atoms with van der Waals surface area (Å²) in [5.41, 5.74) is 5.45. The number of rotatable bonds is 3. The van der Waals surface area contributed by atoms with E-state index in [4.69, 9.17) is 22.1 Å². The second kappa shape index (κ2) is 4.96. The molecule has 82 valence electrons. The van der Waals surface area contributed by atoms with Gasteiger partial charge in [0.25, 0.3) is 0 Å². The van der Waals surface area contributed by atoms with Crippen molar-refractivity contribution in [3.63, 3.8) is 0 Å². The van der Waals surface area contributed by atoms with E-state index < -0.39 is 0 Å². The Labute approximate surface area is 96.8 Å². The highest BCUT2D eigenvalue weighted by Crippen LogP contribution is 2.22. The van der Waals surface area contributed by atoms with Gasteiger partial charge in [-0.25, -0.2) is 0 Å². The summed E-state index contributed by atoms with van der Waals surface area (Å²) in [4.78, 5) is 11.6. The van der Waals surface area contributed by atoms with Crippen LogP contribution >= 0.6 is 23.4 Å². The molecule has 1 aromatic heterocycles. The summed E-state index contributed by atoms with van der Waals surface area (Å²) in [6, 6.07) is 0. The summed E-state index contributed by atoms with van der Waals surface area (Å²) in [5.74, 6) is 0.990. The van der Waals surface area contributed by atoms with Crippen molar-refractivity contribution >= 4 is 29.3 Å². The number of ether oxygens (including phenoxy) is 1. The van der Waals surface area contributed by atoms with E-state index in [1.807, 2.05) is 0 Å². The Hall–Kier alpha value is -0.590. The first-order valence-corrected chi connectivity index (χ1v) is 6.02. The van der Waals surface area contributed by atoms with Gasteiger partial charge < -0.3 is 10.5 Å². The van der Waals surface area contributed by atoms with Gasteiger partial charge in [-0.2, -0.15) is 15.0 Å². The maximum absolute atomic E-state index is 5.66. The smallest absolute Gasteiger partial charge is 0.228 e. The Morgan fingerprint density at radius 3 is 3.00 bits per heavy atom. The average Bonchev–Trinajstić information content (AvgIpc) is 2.65. The summed E-state index contributed by atoms with van der Waals surface area (Å²) in [5, 5.41) is 0.695. The lowest BCUT2D eigenvalue weighted by molar-refractivity contribution is 0.129. The Morgan fingerprint density at radius 2 is 2.33 bits per heavy atom. The second-order valence-corrected chi connectivity index (χ2v) is 4.52. The predicted octanol–water partition coefficient (Wildman–Crippen LogP) is 1.38. The van der Waals surface area contributed by atoms with Gasteiger partial charge in [0.1, 0.15) is 0 Å². The van der Waals surface area contributed by atoms with E-state index in [1.165, 1.54) is 11.8 Å². The second-order valence-electron chi connectivity index (χ2n) is 3.19. The van der Waals surface area contributed by atoms with Crippen molar-refractivity contribution < 1.29 is 4.74 Å². The van der Waals surface area contributed by atoms with Gasteiger partial charge in [0, 0.05) is 12.4 Å². The number of hydrogen-bond donors (Lipinski definition) is 1. The van der Waals surface area contributed by atoms with E-state index in [0.717, 1.165) is 25.2 Å². The lowest BCUT2D eigenvalue weighted by atomic mass is 10.3. The maximum Gasteiger partial charge on any atom is 0.228 e. The highest BCUT2D eigenvalue weighted by molar-refractivity contribution is 7.99. The van der Waals surface area contributed by atoms with E-state index >= 15 is 0 Å². The van der Waals surface area contributed by atoms with Crippen LogP contribution in [0.5, 0.6) is 0 Å². The molecule has 1 saturated heterocycles. The molecule has 1 atom stereocenters. The molecule has 0 bridgehead atoms. The van der Waals surface area contributed by atoms with E-state index in [0.29, 0.717) is 11.3 Å². The summed E-state index contributed by atoms with van der Waals surface area (Å²) < 4.78 is 5.48. The first kappa shape index (κ1) is 10.9. The van der Waals surface area contributed by atoms with E-state index in [2.05, 4.69) is 15.0 Å². The summed E-state index contributed by atoms with van der Waals surface area (Å²) >= 11 is 7.15. The van der Waals surface area contributed by atoms with E-state index in [1.54, 1.807) is 0 Å². The number of aromatic nitrogens is 3. The van der Waals surface area contributed by atoms with Crippen LogP contribution in [0.15, 0.2) is 5.16 Å². The van der Waals surface area contributed by atoms with Crippen molar-refractivity contribution in [2.75, 3.05) is 18.1 Å². The number of nitrogens with two attached hydrogens (primary N) is 1. The third kappa shape index (κ3) is 3.19. The highest BCUT2D eigenvalue weighted by atomic mass is 35.5. The minimum Gasteiger partial charge on any atom is -0.377 e. The molecule has 2 heterocycles. The van der Waals surface area contributed by atoms with E-state index in [9.17, 15) is 0 Å². The van der Waals surface area contributed by atoms with Gasteiger partial charge in [-0.1, -0.05) is 11.8 Å². The fourth-order valence-electron chi connectivity index (χ4n) is 1.35. The van der Waals surface area contributed by atoms with Crippen molar-refractivity contribution in [2.24, 2.45) is 0 Å². The van der Waals surface area contributed by atoms with Gasteiger partial charge in [-0.05, 0) is 24.4 Å². The average molecular weight is 247 g/mol. The van der Waals surface area contributed by atoms with Crippen LogP contribution in [-0.4, -0.2) is 33.4 Å². The standard InChI is InChI=1S/C8H11ClN4OS/c9-6-11-7(10)13-8(12-6)15-4-5-2-1-3-14-5/h5H,1-4H2,(H2,10,11,12,13). The molecule has 0 aliphatic carbocycles. The van der Waals surface area contributed by atoms with Crippen LogP contribution in [-0.2, 0) is 4.74 Å². The molecule has 1 unspecified atom stereocenters. The monoisotopic (exact) mass is 246 g/mol. The predicted molar refractivity (Wildman–Crippen MR) is 58.9 cm³/mol. The van der Waals surface area contributed by atoms with Gasteiger partial charge in [-0.15, -0.1) is 0 Å². The topological polar surface area (TPSA) is 73.9 Å². The Balaban J connectivity index is 1.92. The van der Waals surface area contributed by atoms with Crippen LogP contribution in [0, 0.1) is 0 Å². The van der Waals surface area contributed by atoms with Crippen molar-refractivity contribution in [1.82, 2.24) is 15.0 Å². The quantitative estimate of drug-likeness (QED) is 0.813. The highest BCUT2D eigenvalue weighted by Gasteiger charge is 2.16. The Kier molecular flexibility index (Phi) is 3.61. The molecule has 1 aromatic rings. The molecule has 1 aliphatic heterocycles. The maximum atomic E-state index is 5.66. The molecule has 0 spiro atoms. The number of thioether (sulfide) groups is 1. The number of halogens is 1. The van der Waals surface area contributed by atoms with Crippen LogP contribution < -0.4 is 5.73 Å². The normalized spacial score (nSPS) is 20.7. The zero-order chi connectivity index (χ0) is 10.7. The van der Waals surface area contributed by atoms with E-state index in [-0.39, 0.29) is 11.2 Å². The van der Waals surface area contributed by atoms with Crippen LogP contribution in [0.25, 0.3) is 0 Å². The third-order valence-corrected chi connectivity index (χ3v) is 3.18. The lowest BCUT2D eigenvalue weighted by Crippen LogP contribution is -2.09. The fraction of sp³-hybridized carbons (Fsp3) is 0.625. The van der Waals surface area contributed by atoms with Crippen molar-refractivity contribution in [2.45, 2.75) is 24.1 Å². The van der Waals surface area contributed by atoms with Crippen LogP contribution in [0.3, 0.4) is 0 Å². The molecular formula is C8H11ClN4OS. The zero-order valence-electron chi connectivity index (χ0n) is 8.02. The lowest BCUT2D eigenvalue weighted by Gasteiger charge is -2.07. The minimum atomic E-state index is 0.136. The van der Waals surface area contributed by atoms with Crippen molar-refractivity contribution in [3.8, 4) is 0 Å². The molecule has 0 aromatic carbocycles. The first-order valence-electron chi connectivity index (χ1n) is 4.65. The fourth-order valence-corrected chi connectivity index (χ4v) is 2.48. The molecule has 0 amide bonds. The molecule has 0 saturated carbocycles. The van der Waals surface area contributed by atoms with Gasteiger partial charge in [0.15, 0.2) is 5.16 Å². The molecule has 2 rings (SSSR count). The third-order valence-electron chi connectivity index (χ3n) is 2.03. The molecular weight excluding hydrogens is 236 g/mol.